The topological polar surface area (TPSA) is 40.5 Å². The van der Waals surface area contributed by atoms with Gasteiger partial charge in [0.25, 0.3) is 0 Å². The summed E-state index contributed by atoms with van der Waals surface area (Å²) < 4.78 is 0. The van der Waals surface area contributed by atoms with Crippen LogP contribution in [0.2, 0.25) is 0 Å². The fourth-order valence-corrected chi connectivity index (χ4v) is 6.67. The third kappa shape index (κ3) is 5.44. The van der Waals surface area contributed by atoms with E-state index in [4.69, 9.17) is 0 Å². The van der Waals surface area contributed by atoms with E-state index in [0.29, 0.717) is 5.41 Å². The lowest BCUT2D eigenvalue weighted by molar-refractivity contribution is 0.0596. The molecular weight excluding hydrogens is 356 g/mol. The largest absolute Gasteiger partial charge is 0.393 e. The zero-order valence-corrected chi connectivity index (χ0v) is 19.3. The van der Waals surface area contributed by atoms with Gasteiger partial charge in [-0.15, -0.1) is 0 Å². The van der Waals surface area contributed by atoms with Crippen LogP contribution in [-0.4, -0.2) is 21.9 Å². The highest BCUT2D eigenvalue weighted by atomic mass is 16.3. The van der Waals surface area contributed by atoms with Crippen molar-refractivity contribution in [2.75, 3.05) is 0 Å². The highest BCUT2D eigenvalue weighted by Gasteiger charge is 2.50. The van der Waals surface area contributed by atoms with Crippen molar-refractivity contribution < 1.29 is 10.2 Å². The molecule has 3 aliphatic carbocycles. The van der Waals surface area contributed by atoms with Crippen molar-refractivity contribution in [3.63, 3.8) is 0 Å². The molecule has 0 bridgehead atoms. The smallest absolute Gasteiger partial charge is 0.0591 e. The maximum atomic E-state index is 10.0. The van der Waals surface area contributed by atoms with Crippen LogP contribution in [0.5, 0.6) is 0 Å². The lowest BCUT2D eigenvalue weighted by Gasteiger charge is -2.44. The Morgan fingerprint density at radius 1 is 1.21 bits per heavy atom. The average Bonchev–Trinajstić information content (AvgIpc) is 2.99. The molecular formula is C27H44O2. The monoisotopic (exact) mass is 400 g/mol. The quantitative estimate of drug-likeness (QED) is 0.518. The molecule has 3 saturated carbocycles. The van der Waals surface area contributed by atoms with Crippen LogP contribution in [0.15, 0.2) is 35.5 Å². The second kappa shape index (κ2) is 9.10. The molecule has 0 spiro atoms. The molecule has 0 aromatic heterocycles. The van der Waals surface area contributed by atoms with Crippen LogP contribution in [0.25, 0.3) is 0 Å². The van der Waals surface area contributed by atoms with E-state index in [-0.39, 0.29) is 6.10 Å². The molecule has 0 aliphatic heterocycles. The fourth-order valence-electron chi connectivity index (χ4n) is 6.67. The van der Waals surface area contributed by atoms with Crippen molar-refractivity contribution in [3.8, 4) is 0 Å². The van der Waals surface area contributed by atoms with Crippen molar-refractivity contribution in [2.24, 2.45) is 23.2 Å². The summed E-state index contributed by atoms with van der Waals surface area (Å²) in [7, 11) is 0. The van der Waals surface area contributed by atoms with Crippen molar-refractivity contribution >= 4 is 0 Å². The Balaban J connectivity index is 1.68. The number of rotatable bonds is 6. The van der Waals surface area contributed by atoms with E-state index < -0.39 is 5.60 Å². The summed E-state index contributed by atoms with van der Waals surface area (Å²) in [5, 5.41) is 20.1. The van der Waals surface area contributed by atoms with Gasteiger partial charge in [0.15, 0.2) is 0 Å². The van der Waals surface area contributed by atoms with E-state index in [9.17, 15) is 10.2 Å². The van der Waals surface area contributed by atoms with Crippen LogP contribution in [0.4, 0.5) is 0 Å². The molecule has 0 aromatic carbocycles. The van der Waals surface area contributed by atoms with Gasteiger partial charge in [-0.25, -0.2) is 0 Å². The number of allylic oxidation sites excluding steroid dienone is 4. The Morgan fingerprint density at radius 2 is 1.97 bits per heavy atom. The van der Waals surface area contributed by atoms with E-state index in [1.165, 1.54) is 49.7 Å². The lowest BCUT2D eigenvalue weighted by atomic mass is 9.60. The zero-order valence-electron chi connectivity index (χ0n) is 19.3. The second-order valence-electron chi connectivity index (χ2n) is 11.2. The number of aliphatic hydroxyl groups excluding tert-OH is 1. The summed E-state index contributed by atoms with van der Waals surface area (Å²) in [5.74, 6) is 2.26. The molecule has 29 heavy (non-hydrogen) atoms. The summed E-state index contributed by atoms with van der Waals surface area (Å²) in [6, 6.07) is 0. The van der Waals surface area contributed by atoms with Crippen LogP contribution in [0, 0.1) is 23.2 Å². The zero-order chi connectivity index (χ0) is 21.2. The van der Waals surface area contributed by atoms with Crippen LogP contribution in [-0.2, 0) is 0 Å². The van der Waals surface area contributed by atoms with Gasteiger partial charge in [-0.05, 0) is 100 Å². The normalized spacial score (nSPS) is 37.2. The Labute approximate surface area is 179 Å². The molecule has 4 unspecified atom stereocenters. The van der Waals surface area contributed by atoms with Gasteiger partial charge in [-0.3, -0.25) is 0 Å². The molecule has 0 saturated heterocycles. The van der Waals surface area contributed by atoms with E-state index in [2.05, 4.69) is 32.6 Å². The minimum atomic E-state index is -0.535. The van der Waals surface area contributed by atoms with Gasteiger partial charge >= 0.3 is 0 Å². The number of fused-ring (bicyclic) bond motifs is 1. The Morgan fingerprint density at radius 3 is 2.69 bits per heavy atom. The molecule has 2 N–H and O–H groups in total. The van der Waals surface area contributed by atoms with Crippen molar-refractivity contribution in [3.05, 3.63) is 35.5 Å². The first-order chi connectivity index (χ1) is 13.6. The van der Waals surface area contributed by atoms with Crippen molar-refractivity contribution in [2.45, 2.75) is 110 Å². The minimum absolute atomic E-state index is 0.192. The summed E-state index contributed by atoms with van der Waals surface area (Å²) in [5.41, 5.74) is 4.02. The molecule has 2 heteroatoms. The molecule has 0 heterocycles. The predicted molar refractivity (Wildman–Crippen MR) is 123 cm³/mol. The molecule has 3 rings (SSSR count). The first kappa shape index (κ1) is 22.8. The van der Waals surface area contributed by atoms with Crippen molar-refractivity contribution in [1.82, 2.24) is 0 Å². The van der Waals surface area contributed by atoms with Crippen molar-refractivity contribution in [1.29, 1.82) is 0 Å². The number of hydrogen-bond acceptors (Lipinski definition) is 2. The maximum absolute atomic E-state index is 10.0. The Kier molecular flexibility index (Phi) is 7.16. The molecule has 164 valence electrons. The molecule has 3 fully saturated rings. The Hall–Kier alpha value is -0.860. The van der Waals surface area contributed by atoms with Crippen LogP contribution in [0.3, 0.4) is 0 Å². The third-order valence-electron chi connectivity index (χ3n) is 8.36. The molecule has 2 nitrogen and oxygen atoms in total. The standard InChI is InChI=1S/C27H44O2/c1-19-10-13-23(28)18-22(19)12-11-21-9-7-17-27(5)24(14-15-25(21)27)20(2)8-6-16-26(3,4)29/h11-12,20,23-25,28-29H,1,6-10,13-18H2,2-5H3/t20?,23-,24?,25?,27?/m0/s1. The van der Waals surface area contributed by atoms with Gasteiger partial charge in [0.2, 0.25) is 0 Å². The molecule has 0 radical (unpaired) electrons. The van der Waals surface area contributed by atoms with E-state index in [1.54, 1.807) is 5.57 Å². The number of aliphatic hydroxyl groups is 2. The summed E-state index contributed by atoms with van der Waals surface area (Å²) in [4.78, 5) is 0. The third-order valence-corrected chi connectivity index (χ3v) is 8.36. The minimum Gasteiger partial charge on any atom is -0.393 e. The first-order valence-electron chi connectivity index (χ1n) is 12.1. The molecule has 0 aromatic rings. The summed E-state index contributed by atoms with van der Waals surface area (Å²) >= 11 is 0. The molecule has 0 amide bonds. The van der Waals surface area contributed by atoms with Gasteiger partial charge in [0.05, 0.1) is 11.7 Å². The van der Waals surface area contributed by atoms with Crippen LogP contribution >= 0.6 is 0 Å². The molecule has 5 atom stereocenters. The second-order valence-corrected chi connectivity index (χ2v) is 11.2. The van der Waals surface area contributed by atoms with E-state index in [1.807, 2.05) is 13.8 Å². The van der Waals surface area contributed by atoms with Gasteiger partial charge < -0.3 is 10.2 Å². The summed E-state index contributed by atoms with van der Waals surface area (Å²) in [6.45, 7) is 13.1. The predicted octanol–water partition coefficient (Wildman–Crippen LogP) is 6.73. The van der Waals surface area contributed by atoms with E-state index >= 15 is 0 Å². The van der Waals surface area contributed by atoms with Gasteiger partial charge in [-0.1, -0.05) is 56.6 Å². The Bertz CT molecular complexity index is 650. The number of hydrogen-bond donors (Lipinski definition) is 2. The maximum Gasteiger partial charge on any atom is 0.0591 e. The average molecular weight is 401 g/mol. The first-order valence-corrected chi connectivity index (χ1v) is 12.1. The van der Waals surface area contributed by atoms with Gasteiger partial charge in [0, 0.05) is 0 Å². The van der Waals surface area contributed by atoms with Gasteiger partial charge in [-0.2, -0.15) is 0 Å². The fraction of sp³-hybridized carbons (Fsp3) is 0.778. The van der Waals surface area contributed by atoms with Crippen LogP contribution in [0.1, 0.15) is 98.3 Å². The highest BCUT2D eigenvalue weighted by molar-refractivity contribution is 5.36. The summed E-state index contributed by atoms with van der Waals surface area (Å²) in [6.07, 6.45) is 16.9. The highest BCUT2D eigenvalue weighted by Crippen LogP contribution is 2.60. The van der Waals surface area contributed by atoms with Gasteiger partial charge in [0.1, 0.15) is 0 Å². The van der Waals surface area contributed by atoms with Crippen LogP contribution < -0.4 is 0 Å². The molecule has 3 aliphatic rings. The lowest BCUT2D eigenvalue weighted by Crippen LogP contribution is -2.36. The van der Waals surface area contributed by atoms with E-state index in [0.717, 1.165) is 49.9 Å². The SMILES string of the molecule is C=C1CC[C@H](O)CC1=CC=C1CCCC2(C)C1CCC2C(C)CCCC(C)(C)O.